The summed E-state index contributed by atoms with van der Waals surface area (Å²) in [6.45, 7) is 0. The molecule has 2 radical (unpaired) electrons. The van der Waals surface area contributed by atoms with Crippen molar-refractivity contribution in [2.24, 2.45) is 0 Å². The van der Waals surface area contributed by atoms with E-state index in [0.29, 0.717) is 0 Å². The van der Waals surface area contributed by atoms with E-state index in [1.807, 2.05) is 30.3 Å². The second kappa shape index (κ2) is 4.15. The van der Waals surface area contributed by atoms with E-state index in [1.54, 1.807) is 6.20 Å². The normalized spacial score (nSPS) is 10.2. The van der Waals surface area contributed by atoms with Gasteiger partial charge in [-0.25, -0.2) is 0 Å². The summed E-state index contributed by atoms with van der Waals surface area (Å²) < 4.78 is 5.39. The molecule has 0 N–H and O–H groups in total. The first-order valence-corrected chi connectivity index (χ1v) is 8.56. The zero-order valence-corrected chi connectivity index (χ0v) is 10.3. The van der Waals surface area contributed by atoms with Crippen LogP contribution in [0.4, 0.5) is 0 Å². The molecule has 4 heteroatoms. The van der Waals surface area contributed by atoms with E-state index in [9.17, 15) is 0 Å². The molecule has 2 rings (SSSR count). The van der Waals surface area contributed by atoms with Gasteiger partial charge in [-0.1, -0.05) is 0 Å². The van der Waals surface area contributed by atoms with Crippen LogP contribution in [0, 0.1) is 0 Å². The van der Waals surface area contributed by atoms with Gasteiger partial charge in [0.15, 0.2) is 0 Å². The van der Waals surface area contributed by atoms with Gasteiger partial charge < -0.3 is 0 Å². The number of benzene rings is 1. The Bertz CT molecular complexity index is 416. The molecule has 0 saturated heterocycles. The predicted octanol–water partition coefficient (Wildman–Crippen LogP) is 2.39. The van der Waals surface area contributed by atoms with Crippen LogP contribution in [0.25, 0.3) is 10.9 Å². The van der Waals surface area contributed by atoms with Crippen LogP contribution in [0.1, 0.15) is 0 Å². The number of rotatable bonds is 2. The van der Waals surface area contributed by atoms with Crippen molar-refractivity contribution in [2.75, 3.05) is 0 Å². The summed E-state index contributed by atoms with van der Waals surface area (Å²) in [7, 11) is 5.66. The molecule has 0 bridgehead atoms. The molecule has 1 aromatic carbocycles. The molecule has 0 atom stereocenters. The van der Waals surface area contributed by atoms with Crippen LogP contribution < -0.4 is 3.07 Å². The Hall–Kier alpha value is -0.481. The van der Waals surface area contributed by atoms with Gasteiger partial charge >= 0.3 is 90.6 Å². The molecule has 0 aliphatic rings. The number of halogens is 1. The van der Waals surface area contributed by atoms with Gasteiger partial charge in [0.2, 0.25) is 0 Å². The first-order valence-electron chi connectivity index (χ1n) is 3.78. The van der Waals surface area contributed by atoms with Crippen molar-refractivity contribution >= 4 is 40.3 Å². The van der Waals surface area contributed by atoms with Crippen LogP contribution in [0.3, 0.4) is 0 Å². The second-order valence-corrected chi connectivity index (χ2v) is 4.57. The summed E-state index contributed by atoms with van der Waals surface area (Å²) in [6.07, 6.45) is 1.76. The molecule has 0 aliphatic carbocycles. The molecule has 2 aromatic rings. The summed E-state index contributed by atoms with van der Waals surface area (Å²) in [5.41, 5.74) is 0.895. The monoisotopic (exact) mass is 299 g/mol. The molecule has 1 aromatic heterocycles. The van der Waals surface area contributed by atoms with Gasteiger partial charge in [0.1, 0.15) is 0 Å². The first-order chi connectivity index (χ1) is 6.42. The van der Waals surface area contributed by atoms with Gasteiger partial charge in [-0.05, 0) is 0 Å². The van der Waals surface area contributed by atoms with Gasteiger partial charge in [0, 0.05) is 0 Å². The predicted molar refractivity (Wildman–Crippen MR) is 54.0 cm³/mol. The van der Waals surface area contributed by atoms with Gasteiger partial charge in [-0.2, -0.15) is 0 Å². The maximum atomic E-state index is 5.66. The Balaban J connectivity index is 2.61. The molecule has 0 spiro atoms. The van der Waals surface area contributed by atoms with E-state index < -0.39 is 20.4 Å². The number of hydrogen-bond donors (Lipinski definition) is 0. The molecule has 13 heavy (non-hydrogen) atoms. The van der Waals surface area contributed by atoms with E-state index in [0.717, 1.165) is 16.7 Å². The van der Waals surface area contributed by atoms with Crippen molar-refractivity contribution in [1.29, 1.82) is 0 Å². The molecule has 0 aliphatic heterocycles. The van der Waals surface area contributed by atoms with Crippen LogP contribution in [-0.4, -0.2) is 25.4 Å². The van der Waals surface area contributed by atoms with E-state index in [1.165, 1.54) is 0 Å². The van der Waals surface area contributed by atoms with E-state index in [-0.39, 0.29) is 0 Å². The molecule has 1 heterocycles. The molecular formula is C9H6ClNOSn. The van der Waals surface area contributed by atoms with Crippen molar-refractivity contribution < 1.29 is 3.07 Å². The second-order valence-electron chi connectivity index (χ2n) is 2.51. The van der Waals surface area contributed by atoms with Crippen molar-refractivity contribution in [3.63, 3.8) is 0 Å². The number of pyridine rings is 1. The summed E-state index contributed by atoms with van der Waals surface area (Å²) in [5.74, 6) is 0.805. The SMILES string of the molecule is [Cl][Sn][O]c1cccc2cccnc12. The van der Waals surface area contributed by atoms with Gasteiger partial charge in [-0.3, -0.25) is 0 Å². The quantitative estimate of drug-likeness (QED) is 0.794. The topological polar surface area (TPSA) is 22.1 Å². The number of aromatic nitrogens is 1. The summed E-state index contributed by atoms with van der Waals surface area (Å²) in [4.78, 5) is 4.24. The molecule has 0 amide bonds. The molecule has 64 valence electrons. The number of para-hydroxylation sites is 1. The number of fused-ring (bicyclic) bond motifs is 1. The van der Waals surface area contributed by atoms with Crippen LogP contribution >= 0.6 is 8.92 Å². The third-order valence-corrected chi connectivity index (χ3v) is 3.11. The van der Waals surface area contributed by atoms with Crippen LogP contribution in [0.15, 0.2) is 36.5 Å². The Kier molecular flexibility index (Phi) is 2.90. The molecule has 2 nitrogen and oxygen atoms in total. The zero-order valence-electron chi connectivity index (χ0n) is 6.70. The average Bonchev–Trinajstić information content (AvgIpc) is 2.19. The summed E-state index contributed by atoms with van der Waals surface area (Å²) in [5, 5.41) is 1.09. The van der Waals surface area contributed by atoms with Crippen molar-refractivity contribution in [1.82, 2.24) is 4.98 Å². The molecule has 0 fully saturated rings. The molecular weight excluding hydrogens is 292 g/mol. The fourth-order valence-corrected chi connectivity index (χ4v) is 2.47. The Morgan fingerprint density at radius 1 is 1.23 bits per heavy atom. The number of hydrogen-bond acceptors (Lipinski definition) is 2. The van der Waals surface area contributed by atoms with Crippen molar-refractivity contribution in [3.05, 3.63) is 36.5 Å². The van der Waals surface area contributed by atoms with Gasteiger partial charge in [-0.15, -0.1) is 0 Å². The van der Waals surface area contributed by atoms with Crippen LogP contribution in [-0.2, 0) is 0 Å². The van der Waals surface area contributed by atoms with Crippen LogP contribution in [0.2, 0.25) is 0 Å². The van der Waals surface area contributed by atoms with Gasteiger partial charge in [0.25, 0.3) is 0 Å². The van der Waals surface area contributed by atoms with E-state index in [4.69, 9.17) is 12.0 Å². The minimum absolute atomic E-state index is 0.805. The van der Waals surface area contributed by atoms with Gasteiger partial charge in [0.05, 0.1) is 0 Å². The third-order valence-electron chi connectivity index (χ3n) is 1.74. The van der Waals surface area contributed by atoms with Crippen molar-refractivity contribution in [3.8, 4) is 5.75 Å². The molecule has 0 unspecified atom stereocenters. The number of nitrogens with zero attached hydrogens (tertiary/aromatic N) is 1. The molecule has 0 saturated carbocycles. The standard InChI is InChI=1S/C9H7NO.ClH.Sn/c11-8-5-1-3-7-4-2-6-10-9(7)8;;/h1-6,11H;1H;/q;;+2/p-2. The van der Waals surface area contributed by atoms with Crippen LogP contribution in [0.5, 0.6) is 5.75 Å². The third kappa shape index (κ3) is 1.89. The summed E-state index contributed by atoms with van der Waals surface area (Å²) in [6, 6.07) is 9.78. The van der Waals surface area contributed by atoms with Crippen molar-refractivity contribution in [2.45, 2.75) is 0 Å². The Labute approximate surface area is 90.4 Å². The fraction of sp³-hybridized carbons (Fsp3) is 0. The minimum atomic E-state index is -1.18. The Morgan fingerprint density at radius 3 is 2.92 bits per heavy atom. The fourth-order valence-electron chi connectivity index (χ4n) is 1.20. The maximum absolute atomic E-state index is 5.66. The summed E-state index contributed by atoms with van der Waals surface area (Å²) >= 11 is -1.18. The zero-order chi connectivity index (χ0) is 9.10. The average molecular weight is 298 g/mol. The van der Waals surface area contributed by atoms with E-state index >= 15 is 0 Å². The first kappa shape index (κ1) is 9.09. The van der Waals surface area contributed by atoms with E-state index in [2.05, 4.69) is 4.98 Å². The Morgan fingerprint density at radius 2 is 2.08 bits per heavy atom.